The van der Waals surface area contributed by atoms with E-state index in [0.29, 0.717) is 49.0 Å². The zero-order chi connectivity index (χ0) is 28.0. The molecule has 8 aliphatic rings. The molecule has 8 aliphatic carbocycles. The van der Waals surface area contributed by atoms with Crippen LogP contribution in [0.5, 0.6) is 11.5 Å². The van der Waals surface area contributed by atoms with Crippen molar-refractivity contribution < 1.29 is 38.0 Å². The first-order chi connectivity index (χ1) is 19.1. The van der Waals surface area contributed by atoms with Crippen molar-refractivity contribution in [3.8, 4) is 11.5 Å². The molecule has 1 aromatic carbocycles. The van der Waals surface area contributed by atoms with E-state index < -0.39 is 10.8 Å². The van der Waals surface area contributed by atoms with Gasteiger partial charge in [0.05, 0.1) is 33.2 Å². The molecule has 8 fully saturated rings. The van der Waals surface area contributed by atoms with Crippen molar-refractivity contribution in [2.75, 3.05) is 28.4 Å². The van der Waals surface area contributed by atoms with Gasteiger partial charge in [-0.1, -0.05) is 0 Å². The van der Waals surface area contributed by atoms with Crippen LogP contribution in [0.15, 0.2) is 24.3 Å². The van der Waals surface area contributed by atoms with Crippen LogP contribution in [0, 0.1) is 22.7 Å². The fourth-order valence-corrected chi connectivity index (χ4v) is 10.9. The molecule has 0 heterocycles. The van der Waals surface area contributed by atoms with Crippen LogP contribution in [0.4, 0.5) is 0 Å². The summed E-state index contributed by atoms with van der Waals surface area (Å²) in [5, 5.41) is 0. The molecule has 8 saturated carbocycles. The predicted molar refractivity (Wildman–Crippen MR) is 144 cm³/mol. The van der Waals surface area contributed by atoms with E-state index in [-0.39, 0.29) is 34.3 Å². The van der Waals surface area contributed by atoms with Crippen LogP contribution >= 0.6 is 0 Å². The second-order valence-electron chi connectivity index (χ2n) is 14.4. The van der Waals surface area contributed by atoms with Crippen LogP contribution in [-0.4, -0.2) is 62.8 Å². The van der Waals surface area contributed by atoms with Gasteiger partial charge in [-0.05, 0) is 100 Å². The minimum absolute atomic E-state index is 0.215. The number of carbonyl (C=O) groups excluding carboxylic acids is 2. The Morgan fingerprint density at radius 1 is 0.525 bits per heavy atom. The quantitative estimate of drug-likeness (QED) is 0.328. The first kappa shape index (κ1) is 26.9. The summed E-state index contributed by atoms with van der Waals surface area (Å²) in [7, 11) is 7.01. The van der Waals surface area contributed by atoms with Crippen LogP contribution in [-0.2, 0) is 28.5 Å². The molecule has 8 bridgehead atoms. The molecule has 1 aromatic rings. The highest BCUT2D eigenvalue weighted by Gasteiger charge is 2.68. The molecule has 0 radical (unpaired) electrons. The fraction of sp³-hybridized carbons (Fsp3) is 0.750. The van der Waals surface area contributed by atoms with Crippen molar-refractivity contribution >= 4 is 11.9 Å². The van der Waals surface area contributed by atoms with Gasteiger partial charge in [0.15, 0.2) is 0 Å². The number of hydrogen-bond acceptors (Lipinski definition) is 8. The number of rotatable bonds is 8. The van der Waals surface area contributed by atoms with Crippen LogP contribution in [0.3, 0.4) is 0 Å². The van der Waals surface area contributed by atoms with Crippen molar-refractivity contribution in [3.63, 3.8) is 0 Å². The van der Waals surface area contributed by atoms with E-state index in [2.05, 4.69) is 0 Å². The molecule has 0 aromatic heterocycles. The summed E-state index contributed by atoms with van der Waals surface area (Å²) in [4.78, 5) is 27.4. The number of benzene rings is 1. The minimum atomic E-state index is -0.607. The van der Waals surface area contributed by atoms with E-state index in [1.807, 2.05) is 0 Å². The smallest absolute Gasteiger partial charge is 0.317 e. The lowest BCUT2D eigenvalue weighted by Gasteiger charge is -2.64. The Labute approximate surface area is 236 Å². The third kappa shape index (κ3) is 3.92. The number of methoxy groups -OCH3 is 4. The summed E-state index contributed by atoms with van der Waals surface area (Å²) in [6.07, 6.45) is 9.86. The summed E-state index contributed by atoms with van der Waals surface area (Å²) in [6, 6.07) is 6.86. The van der Waals surface area contributed by atoms with Gasteiger partial charge in [-0.3, -0.25) is 9.59 Å². The second kappa shape index (κ2) is 8.76. The highest BCUT2D eigenvalue weighted by molar-refractivity contribution is 5.81. The molecule has 0 spiro atoms. The SMILES string of the molecule is COC12CC3CC(OC)(C1)CC(C(=O)Oc1ccc(OC(=O)C45CC6CC(OC)(CC(OC)(C6)C4)C5)cc1)(C3)C2. The van der Waals surface area contributed by atoms with E-state index in [0.717, 1.165) is 51.4 Å². The zero-order valence-corrected chi connectivity index (χ0v) is 24.2. The Balaban J connectivity index is 1.05. The van der Waals surface area contributed by atoms with Crippen molar-refractivity contribution in [2.24, 2.45) is 22.7 Å². The summed E-state index contributed by atoms with van der Waals surface area (Å²) in [6.45, 7) is 0. The minimum Gasteiger partial charge on any atom is -0.426 e. The average molecular weight is 555 g/mol. The maximum Gasteiger partial charge on any atom is 0.317 e. The molecule has 0 saturated heterocycles. The maximum absolute atomic E-state index is 13.7. The van der Waals surface area contributed by atoms with Gasteiger partial charge in [0.1, 0.15) is 11.5 Å². The number of carbonyl (C=O) groups is 2. The lowest BCUT2D eigenvalue weighted by Crippen LogP contribution is -2.66. The Hall–Kier alpha value is -2.00. The lowest BCUT2D eigenvalue weighted by molar-refractivity contribution is -0.249. The van der Waals surface area contributed by atoms with Crippen LogP contribution in [0.25, 0.3) is 0 Å². The topological polar surface area (TPSA) is 89.5 Å². The van der Waals surface area contributed by atoms with Gasteiger partial charge in [0.25, 0.3) is 0 Å². The first-order valence-electron chi connectivity index (χ1n) is 14.8. The monoisotopic (exact) mass is 554 g/mol. The van der Waals surface area contributed by atoms with Gasteiger partial charge < -0.3 is 28.4 Å². The molecular weight excluding hydrogens is 512 g/mol. The van der Waals surface area contributed by atoms with E-state index in [4.69, 9.17) is 28.4 Å². The van der Waals surface area contributed by atoms with Gasteiger partial charge in [0, 0.05) is 41.3 Å². The van der Waals surface area contributed by atoms with Gasteiger partial charge in [-0.15, -0.1) is 0 Å². The average Bonchev–Trinajstić information content (AvgIpc) is 2.93. The molecule has 4 atom stereocenters. The van der Waals surface area contributed by atoms with E-state index in [1.54, 1.807) is 52.7 Å². The Bertz CT molecular complexity index is 1070. The lowest BCUT2D eigenvalue weighted by atomic mass is 9.46. The van der Waals surface area contributed by atoms with E-state index in [9.17, 15) is 9.59 Å². The zero-order valence-electron chi connectivity index (χ0n) is 24.2. The largest absolute Gasteiger partial charge is 0.426 e. The molecule has 40 heavy (non-hydrogen) atoms. The van der Waals surface area contributed by atoms with Crippen molar-refractivity contribution in [2.45, 2.75) is 99.5 Å². The Morgan fingerprint density at radius 2 is 0.825 bits per heavy atom. The van der Waals surface area contributed by atoms with Gasteiger partial charge in [-0.2, -0.15) is 0 Å². The molecule has 0 amide bonds. The Morgan fingerprint density at radius 3 is 1.10 bits per heavy atom. The van der Waals surface area contributed by atoms with E-state index in [1.165, 1.54) is 0 Å². The highest BCUT2D eigenvalue weighted by Crippen LogP contribution is 2.66. The summed E-state index contributed by atoms with van der Waals surface area (Å²) < 4.78 is 36.0. The molecule has 9 rings (SSSR count). The van der Waals surface area contributed by atoms with Crippen molar-refractivity contribution in [1.82, 2.24) is 0 Å². The van der Waals surface area contributed by atoms with Gasteiger partial charge >= 0.3 is 11.9 Å². The Kier molecular flexibility index (Phi) is 5.88. The molecule has 4 unspecified atom stereocenters. The normalized spacial score (nSPS) is 46.0. The maximum atomic E-state index is 13.7. The van der Waals surface area contributed by atoms with Crippen molar-refractivity contribution in [1.29, 1.82) is 0 Å². The summed E-state index contributed by atoms with van der Waals surface area (Å²) in [5.41, 5.74) is -2.52. The molecule has 8 heteroatoms. The van der Waals surface area contributed by atoms with Crippen LogP contribution < -0.4 is 9.47 Å². The summed E-state index contributed by atoms with van der Waals surface area (Å²) in [5.74, 6) is 1.25. The second-order valence-corrected chi connectivity index (χ2v) is 14.4. The third-order valence-electron chi connectivity index (χ3n) is 11.8. The van der Waals surface area contributed by atoms with Crippen LogP contribution in [0.1, 0.15) is 77.0 Å². The summed E-state index contributed by atoms with van der Waals surface area (Å²) >= 11 is 0. The van der Waals surface area contributed by atoms with Crippen molar-refractivity contribution in [3.05, 3.63) is 24.3 Å². The predicted octanol–water partition coefficient (Wildman–Crippen LogP) is 5.01. The van der Waals surface area contributed by atoms with Crippen LogP contribution in [0.2, 0.25) is 0 Å². The number of esters is 2. The first-order valence-corrected chi connectivity index (χ1v) is 14.8. The molecule has 218 valence electrons. The fourth-order valence-electron chi connectivity index (χ4n) is 10.9. The number of ether oxygens (including phenoxy) is 6. The highest BCUT2D eigenvalue weighted by atomic mass is 16.5. The molecule has 0 N–H and O–H groups in total. The van der Waals surface area contributed by atoms with Gasteiger partial charge in [0.2, 0.25) is 0 Å². The molecular formula is C32H42O8. The third-order valence-corrected chi connectivity index (χ3v) is 11.8. The number of hydrogen-bond donors (Lipinski definition) is 0. The molecule has 0 aliphatic heterocycles. The van der Waals surface area contributed by atoms with E-state index >= 15 is 0 Å². The standard InChI is InChI=1S/C32H42O8/c1-35-29-11-21-9-27(15-29,16-30(12-21,19-29)36-2)25(33)39-23-5-7-24(8-6-23)40-26(34)28-10-22-13-31(17-28,37-3)20-32(14-22,18-28)38-4/h5-8,21-22H,9-20H2,1-4H3. The molecule has 8 nitrogen and oxygen atoms in total. The van der Waals surface area contributed by atoms with Gasteiger partial charge in [-0.25, -0.2) is 0 Å².